The first kappa shape index (κ1) is 16.5. The van der Waals surface area contributed by atoms with Gasteiger partial charge in [-0.2, -0.15) is 5.10 Å². The van der Waals surface area contributed by atoms with Gasteiger partial charge < -0.3 is 4.57 Å². The Bertz CT molecular complexity index is 876. The van der Waals surface area contributed by atoms with Crippen molar-refractivity contribution < 1.29 is 0 Å². The fraction of sp³-hybridized carbons (Fsp3) is 0.412. The molecule has 3 aromatic rings. The smallest absolute Gasteiger partial charge is 0.196 e. The Hall–Kier alpha value is -1.93. The van der Waals surface area contributed by atoms with Gasteiger partial charge in [-0.05, 0) is 37.2 Å². The van der Waals surface area contributed by atoms with E-state index in [0.717, 1.165) is 27.2 Å². The minimum absolute atomic E-state index is 0.475. The predicted octanol–water partition coefficient (Wildman–Crippen LogP) is 4.32. The molecule has 6 nitrogen and oxygen atoms in total. The second-order valence-corrected chi connectivity index (χ2v) is 7.54. The van der Waals surface area contributed by atoms with Gasteiger partial charge in [-0.3, -0.25) is 9.67 Å². The van der Waals surface area contributed by atoms with Crippen molar-refractivity contribution in [1.82, 2.24) is 29.5 Å². The van der Waals surface area contributed by atoms with Gasteiger partial charge in [0.1, 0.15) is 12.2 Å². The highest BCUT2D eigenvalue weighted by Crippen LogP contribution is 2.31. The van der Waals surface area contributed by atoms with E-state index in [2.05, 4.69) is 25.0 Å². The van der Waals surface area contributed by atoms with Crippen LogP contribution in [0, 0.1) is 4.77 Å². The van der Waals surface area contributed by atoms with Crippen molar-refractivity contribution in [2.75, 3.05) is 0 Å². The molecule has 1 aromatic carbocycles. The number of hydrogen-bond donors (Lipinski definition) is 1. The van der Waals surface area contributed by atoms with Crippen molar-refractivity contribution in [1.29, 1.82) is 0 Å². The Kier molecular flexibility index (Phi) is 4.98. The molecule has 0 aliphatic heterocycles. The number of hydrogen-bond acceptors (Lipinski definition) is 5. The lowest BCUT2D eigenvalue weighted by Gasteiger charge is -2.24. The molecule has 0 atom stereocenters. The summed E-state index contributed by atoms with van der Waals surface area (Å²) in [4.78, 5) is 0. The van der Waals surface area contributed by atoms with Crippen molar-refractivity contribution in [3.8, 4) is 5.69 Å². The normalized spacial score (nSPS) is 15.5. The van der Waals surface area contributed by atoms with Gasteiger partial charge in [-0.1, -0.05) is 49.2 Å². The fourth-order valence-corrected chi connectivity index (χ4v) is 4.53. The van der Waals surface area contributed by atoms with E-state index in [1.165, 1.54) is 32.1 Å². The zero-order valence-corrected chi connectivity index (χ0v) is 15.5. The van der Waals surface area contributed by atoms with Crippen LogP contribution in [0.1, 0.15) is 44.0 Å². The molecule has 25 heavy (non-hydrogen) atoms. The van der Waals surface area contributed by atoms with Crippen LogP contribution in [-0.4, -0.2) is 29.5 Å². The summed E-state index contributed by atoms with van der Waals surface area (Å²) in [6, 6.07) is 10.6. The van der Waals surface area contributed by atoms with Gasteiger partial charge in [-0.15, -0.1) is 10.2 Å². The molecule has 1 N–H and O–H groups in total. The van der Waals surface area contributed by atoms with E-state index < -0.39 is 0 Å². The first-order chi connectivity index (χ1) is 12.3. The third kappa shape index (κ3) is 3.55. The van der Waals surface area contributed by atoms with Crippen molar-refractivity contribution >= 4 is 24.0 Å². The molecule has 0 radical (unpaired) electrons. The quantitative estimate of drug-likeness (QED) is 0.534. The highest BCUT2D eigenvalue weighted by Gasteiger charge is 2.20. The minimum atomic E-state index is 0.475. The third-order valence-electron chi connectivity index (χ3n) is 4.60. The summed E-state index contributed by atoms with van der Waals surface area (Å²) < 4.78 is 4.94. The zero-order chi connectivity index (χ0) is 17.1. The van der Waals surface area contributed by atoms with Crippen LogP contribution in [0.2, 0.25) is 0 Å². The Morgan fingerprint density at radius 1 is 1.16 bits per heavy atom. The van der Waals surface area contributed by atoms with Crippen molar-refractivity contribution in [2.45, 2.75) is 49.1 Å². The molecule has 0 bridgehead atoms. The van der Waals surface area contributed by atoms with Gasteiger partial charge in [0.05, 0.1) is 5.75 Å². The maximum atomic E-state index is 5.47. The van der Waals surface area contributed by atoms with Crippen LogP contribution in [0.4, 0.5) is 0 Å². The summed E-state index contributed by atoms with van der Waals surface area (Å²) in [6.45, 7) is 0. The number of aromatic amines is 1. The van der Waals surface area contributed by atoms with Crippen LogP contribution in [0.25, 0.3) is 5.69 Å². The molecular formula is C17H20N6S2. The molecule has 1 aliphatic carbocycles. The number of nitrogens with one attached hydrogen (secondary N) is 1. The number of para-hydroxylation sites is 1. The molecule has 0 amide bonds. The standard InChI is InChI=1S/C17H20N6S2/c24-16-20-19-15(23(16)14-9-5-2-6-10-14)11-25-17-21-18-12-22(17)13-7-3-1-4-8-13/h1,3-4,7-8,12,14H,2,5-6,9-11H2,(H,20,24). The number of thioether (sulfide) groups is 1. The lowest BCUT2D eigenvalue weighted by Crippen LogP contribution is -2.15. The Balaban J connectivity index is 1.53. The zero-order valence-electron chi connectivity index (χ0n) is 13.8. The average Bonchev–Trinajstić information content (AvgIpc) is 3.28. The number of benzene rings is 1. The molecule has 2 heterocycles. The molecular weight excluding hydrogens is 352 g/mol. The summed E-state index contributed by atoms with van der Waals surface area (Å²) in [5.74, 6) is 1.71. The summed E-state index contributed by atoms with van der Waals surface area (Å²) in [6.07, 6.45) is 7.98. The van der Waals surface area contributed by atoms with Gasteiger partial charge in [0.25, 0.3) is 0 Å². The van der Waals surface area contributed by atoms with E-state index in [4.69, 9.17) is 12.2 Å². The van der Waals surface area contributed by atoms with Crippen LogP contribution in [0.3, 0.4) is 0 Å². The van der Waals surface area contributed by atoms with Gasteiger partial charge in [0, 0.05) is 11.7 Å². The van der Waals surface area contributed by atoms with Crippen LogP contribution < -0.4 is 0 Å². The molecule has 1 fully saturated rings. The van der Waals surface area contributed by atoms with Crippen LogP contribution in [0.15, 0.2) is 41.8 Å². The van der Waals surface area contributed by atoms with E-state index >= 15 is 0 Å². The number of nitrogens with zero attached hydrogens (tertiary/aromatic N) is 5. The van der Waals surface area contributed by atoms with E-state index in [0.29, 0.717) is 6.04 Å². The summed E-state index contributed by atoms with van der Waals surface area (Å²) in [5, 5.41) is 16.6. The molecule has 0 unspecified atom stereocenters. The minimum Gasteiger partial charge on any atom is -0.300 e. The summed E-state index contributed by atoms with van der Waals surface area (Å²) >= 11 is 7.11. The second-order valence-electron chi connectivity index (χ2n) is 6.21. The van der Waals surface area contributed by atoms with Gasteiger partial charge in [0.15, 0.2) is 9.93 Å². The summed E-state index contributed by atoms with van der Waals surface area (Å²) in [5.41, 5.74) is 1.06. The Morgan fingerprint density at radius 3 is 2.76 bits per heavy atom. The molecule has 1 aliphatic rings. The largest absolute Gasteiger partial charge is 0.300 e. The van der Waals surface area contributed by atoms with Gasteiger partial charge in [0.2, 0.25) is 0 Å². The number of H-pyrrole nitrogens is 1. The highest BCUT2D eigenvalue weighted by atomic mass is 32.2. The maximum Gasteiger partial charge on any atom is 0.196 e. The first-order valence-corrected chi connectivity index (χ1v) is 9.96. The van der Waals surface area contributed by atoms with Crippen LogP contribution in [-0.2, 0) is 5.75 Å². The number of aromatic nitrogens is 6. The third-order valence-corrected chi connectivity index (χ3v) is 5.83. The fourth-order valence-electron chi connectivity index (χ4n) is 3.37. The molecule has 1 saturated carbocycles. The van der Waals surface area contributed by atoms with Crippen LogP contribution >= 0.6 is 24.0 Å². The Labute approximate surface area is 155 Å². The van der Waals surface area contributed by atoms with E-state index in [9.17, 15) is 0 Å². The molecule has 130 valence electrons. The second kappa shape index (κ2) is 7.53. The summed E-state index contributed by atoms with van der Waals surface area (Å²) in [7, 11) is 0. The van der Waals surface area contributed by atoms with E-state index in [1.807, 2.05) is 34.9 Å². The van der Waals surface area contributed by atoms with Gasteiger partial charge >= 0.3 is 0 Å². The molecule has 8 heteroatoms. The topological polar surface area (TPSA) is 64.3 Å². The SMILES string of the molecule is S=c1[nH]nc(CSc2nncn2-c2ccccc2)n1C1CCCCC1. The number of rotatable bonds is 5. The monoisotopic (exact) mass is 372 g/mol. The predicted molar refractivity (Wildman–Crippen MR) is 100 cm³/mol. The van der Waals surface area contributed by atoms with Gasteiger partial charge in [-0.25, -0.2) is 0 Å². The van der Waals surface area contributed by atoms with Crippen molar-refractivity contribution in [3.05, 3.63) is 47.3 Å². The maximum absolute atomic E-state index is 5.47. The molecule has 4 rings (SSSR count). The van der Waals surface area contributed by atoms with Crippen molar-refractivity contribution in [3.63, 3.8) is 0 Å². The van der Waals surface area contributed by atoms with E-state index in [1.54, 1.807) is 18.1 Å². The lowest BCUT2D eigenvalue weighted by molar-refractivity contribution is 0.345. The van der Waals surface area contributed by atoms with Crippen LogP contribution in [0.5, 0.6) is 0 Å². The molecule has 2 aromatic heterocycles. The molecule has 0 spiro atoms. The van der Waals surface area contributed by atoms with E-state index in [-0.39, 0.29) is 0 Å². The Morgan fingerprint density at radius 2 is 1.96 bits per heavy atom. The molecule has 0 saturated heterocycles. The van der Waals surface area contributed by atoms with Crippen molar-refractivity contribution in [2.24, 2.45) is 0 Å². The first-order valence-electron chi connectivity index (χ1n) is 8.57. The average molecular weight is 373 g/mol. The lowest BCUT2D eigenvalue weighted by atomic mass is 9.95. The highest BCUT2D eigenvalue weighted by molar-refractivity contribution is 7.98.